The smallest absolute Gasteiger partial charge is 0.438 e. The average molecular weight is 438 g/mol. The van der Waals surface area contributed by atoms with Gasteiger partial charge >= 0.3 is 23.9 Å². The number of esters is 1. The molecule has 0 unspecified atom stereocenters. The Balaban J connectivity index is 2.68. The second-order valence-corrected chi connectivity index (χ2v) is 6.98. The number of alkyl halides is 6. The molecule has 2 rings (SSSR count). The Labute approximate surface area is 166 Å². The van der Waals surface area contributed by atoms with Crippen LogP contribution in [0.5, 0.6) is 5.75 Å². The molecular formula is C19H16F6O3S. The maximum atomic E-state index is 13.5. The van der Waals surface area contributed by atoms with Crippen LogP contribution in [-0.2, 0) is 4.74 Å². The molecule has 10 heteroatoms. The molecule has 0 saturated carbocycles. The fraction of sp³-hybridized carbons (Fsp3) is 0.316. The maximum absolute atomic E-state index is 13.5. The van der Waals surface area contributed by atoms with Crippen molar-refractivity contribution in [3.05, 3.63) is 54.3 Å². The molecule has 0 aliphatic carbocycles. The molecule has 0 aliphatic rings. The number of ether oxygens (including phenoxy) is 2. The first-order chi connectivity index (χ1) is 13.3. The first-order valence-electron chi connectivity index (χ1n) is 8.05. The fourth-order valence-corrected chi connectivity index (χ4v) is 3.41. The number of hydrogen-bond donors (Lipinski definition) is 0. The van der Waals surface area contributed by atoms with Gasteiger partial charge in [-0.15, -0.1) is 0 Å². The van der Waals surface area contributed by atoms with Crippen LogP contribution in [0.2, 0.25) is 0 Å². The van der Waals surface area contributed by atoms with Gasteiger partial charge in [-0.05, 0) is 30.0 Å². The molecule has 0 saturated heterocycles. The van der Waals surface area contributed by atoms with E-state index in [9.17, 15) is 31.1 Å². The predicted octanol–water partition coefficient (Wildman–Crippen LogP) is 6.14. The molecule has 0 heterocycles. The van der Waals surface area contributed by atoms with Gasteiger partial charge in [0.05, 0.1) is 11.5 Å². The zero-order chi connectivity index (χ0) is 22.0. The van der Waals surface area contributed by atoms with Crippen LogP contribution in [0.1, 0.15) is 17.3 Å². The maximum Gasteiger partial charge on any atom is 0.438 e. The van der Waals surface area contributed by atoms with Crippen molar-refractivity contribution in [1.29, 1.82) is 0 Å². The lowest BCUT2D eigenvalue weighted by atomic mass is 10.0. The Morgan fingerprint density at radius 1 is 1.03 bits per heavy atom. The van der Waals surface area contributed by atoms with Crippen molar-refractivity contribution in [2.24, 2.45) is 0 Å². The van der Waals surface area contributed by atoms with E-state index in [4.69, 9.17) is 4.74 Å². The van der Waals surface area contributed by atoms with Crippen LogP contribution in [-0.4, -0.2) is 35.9 Å². The first-order valence-corrected chi connectivity index (χ1v) is 9.44. The third kappa shape index (κ3) is 4.47. The van der Waals surface area contributed by atoms with Gasteiger partial charge in [0.1, 0.15) is 11.3 Å². The number of hydrogen-bond acceptors (Lipinski definition) is 4. The van der Waals surface area contributed by atoms with Crippen molar-refractivity contribution in [3.8, 4) is 5.75 Å². The highest BCUT2D eigenvalue weighted by Gasteiger charge is 2.74. The average Bonchev–Trinajstić information content (AvgIpc) is 2.58. The van der Waals surface area contributed by atoms with E-state index in [-0.39, 0.29) is 28.7 Å². The Morgan fingerprint density at radius 2 is 1.62 bits per heavy atom. The summed E-state index contributed by atoms with van der Waals surface area (Å²) in [6.07, 6.45) is -10.7. The van der Waals surface area contributed by atoms with Crippen molar-refractivity contribution in [1.82, 2.24) is 0 Å². The van der Waals surface area contributed by atoms with E-state index in [2.05, 4.69) is 11.3 Å². The van der Waals surface area contributed by atoms with Gasteiger partial charge in [0.25, 0.3) is 0 Å². The van der Waals surface area contributed by atoms with Crippen molar-refractivity contribution in [2.45, 2.75) is 24.9 Å². The molecule has 3 nitrogen and oxygen atoms in total. The van der Waals surface area contributed by atoms with E-state index in [1.54, 1.807) is 12.1 Å². The second-order valence-electron chi connectivity index (χ2n) is 6.11. The molecule has 0 fully saturated rings. The highest BCUT2D eigenvalue weighted by molar-refractivity contribution is 7.98. The topological polar surface area (TPSA) is 35.5 Å². The molecule has 0 atom stereocenters. The monoisotopic (exact) mass is 438 g/mol. The molecule has 29 heavy (non-hydrogen) atoms. The van der Waals surface area contributed by atoms with E-state index in [1.165, 1.54) is 31.2 Å². The van der Waals surface area contributed by atoms with Gasteiger partial charge < -0.3 is 9.47 Å². The number of fused-ring (bicyclic) bond motifs is 1. The number of rotatable bonds is 6. The molecule has 0 aliphatic heterocycles. The van der Waals surface area contributed by atoms with Gasteiger partial charge in [0.2, 0.25) is 0 Å². The highest BCUT2D eigenvalue weighted by Crippen LogP contribution is 2.48. The van der Waals surface area contributed by atoms with Gasteiger partial charge in [0.15, 0.2) is 0 Å². The number of thioether (sulfide) groups is 1. The van der Waals surface area contributed by atoms with E-state index in [0.29, 0.717) is 5.39 Å². The largest absolute Gasteiger partial charge is 0.462 e. The lowest BCUT2D eigenvalue weighted by Gasteiger charge is -2.36. The number of carbonyl (C=O) groups excluding carboxylic acids is 1. The molecule has 0 amide bonds. The second kappa shape index (κ2) is 8.17. The summed E-state index contributed by atoms with van der Waals surface area (Å²) >= 11 is 0.255. The van der Waals surface area contributed by atoms with Gasteiger partial charge in [-0.25, -0.2) is 4.79 Å². The standard InChI is InChI=1S/C19H16F6O3S/c1-11(2)27-14-9-8-12-6-4-5-7-13(12)15(14)16(26)28-17(10-29-3,18(20,21)22)19(23,24)25/h4-9H,1,10H2,2-3H3. The summed E-state index contributed by atoms with van der Waals surface area (Å²) < 4.78 is 90.5. The normalized spacial score (nSPS) is 12.7. The van der Waals surface area contributed by atoms with E-state index < -0.39 is 35.2 Å². The Hall–Kier alpha value is -2.36. The fourth-order valence-electron chi connectivity index (χ4n) is 2.62. The van der Waals surface area contributed by atoms with Crippen LogP contribution >= 0.6 is 11.8 Å². The zero-order valence-corrected chi connectivity index (χ0v) is 16.1. The minimum atomic E-state index is -5.89. The van der Waals surface area contributed by atoms with Crippen LogP contribution in [0, 0.1) is 0 Å². The van der Waals surface area contributed by atoms with Crippen molar-refractivity contribution >= 4 is 28.5 Å². The number of halogens is 6. The summed E-state index contributed by atoms with van der Waals surface area (Å²) in [5, 5.41) is 0.488. The summed E-state index contributed by atoms with van der Waals surface area (Å²) in [4.78, 5) is 12.7. The van der Waals surface area contributed by atoms with E-state index in [1.807, 2.05) is 0 Å². The van der Waals surface area contributed by atoms with E-state index >= 15 is 0 Å². The summed E-state index contributed by atoms with van der Waals surface area (Å²) in [6, 6.07) is 8.75. The van der Waals surface area contributed by atoms with Gasteiger partial charge in [0, 0.05) is 0 Å². The molecule has 158 valence electrons. The van der Waals surface area contributed by atoms with Crippen LogP contribution in [0.25, 0.3) is 10.8 Å². The summed E-state index contributed by atoms with van der Waals surface area (Å²) in [6.45, 7) is 4.89. The molecule has 0 bridgehead atoms. The van der Waals surface area contributed by atoms with Gasteiger partial charge in [-0.3, -0.25) is 0 Å². The van der Waals surface area contributed by atoms with Gasteiger partial charge in [-0.2, -0.15) is 38.1 Å². The Morgan fingerprint density at radius 3 is 2.14 bits per heavy atom. The van der Waals surface area contributed by atoms with Crippen molar-refractivity contribution in [2.75, 3.05) is 12.0 Å². The molecule has 0 aromatic heterocycles. The lowest BCUT2D eigenvalue weighted by molar-refractivity contribution is -0.355. The predicted molar refractivity (Wildman–Crippen MR) is 98.0 cm³/mol. The minimum absolute atomic E-state index is 0.0800. The number of benzene rings is 2. The van der Waals surface area contributed by atoms with Crippen molar-refractivity contribution < 1.29 is 40.6 Å². The number of allylic oxidation sites excluding steroid dienone is 1. The van der Waals surface area contributed by atoms with Crippen LogP contribution in [0.15, 0.2) is 48.7 Å². The molecule has 0 radical (unpaired) electrons. The van der Waals surface area contributed by atoms with Crippen LogP contribution in [0.3, 0.4) is 0 Å². The minimum Gasteiger partial charge on any atom is -0.462 e. The third-order valence-electron chi connectivity index (χ3n) is 3.91. The molecule has 0 spiro atoms. The summed E-state index contributed by atoms with van der Waals surface area (Å²) in [7, 11) is 0. The van der Waals surface area contributed by atoms with E-state index in [0.717, 1.165) is 6.26 Å². The SMILES string of the molecule is C=C(C)Oc1ccc2ccccc2c1C(=O)OC(CSC)(C(F)(F)F)C(F)(F)F. The zero-order valence-electron chi connectivity index (χ0n) is 15.3. The summed E-state index contributed by atoms with van der Waals surface area (Å²) in [5.41, 5.74) is -5.22. The lowest BCUT2D eigenvalue weighted by Crippen LogP contribution is -2.61. The highest BCUT2D eigenvalue weighted by atomic mass is 32.2. The Kier molecular flexibility index (Phi) is 6.46. The summed E-state index contributed by atoms with van der Waals surface area (Å²) in [5.74, 6) is -3.53. The number of carbonyl (C=O) groups is 1. The molecule has 2 aromatic rings. The molecule has 2 aromatic carbocycles. The quantitative estimate of drug-likeness (QED) is 0.309. The van der Waals surface area contributed by atoms with Gasteiger partial charge in [-0.1, -0.05) is 36.9 Å². The molecule has 0 N–H and O–H groups in total. The van der Waals surface area contributed by atoms with Crippen molar-refractivity contribution in [3.63, 3.8) is 0 Å². The van der Waals surface area contributed by atoms with Crippen LogP contribution in [0.4, 0.5) is 26.3 Å². The van der Waals surface area contributed by atoms with Crippen LogP contribution < -0.4 is 4.74 Å². The molecular weight excluding hydrogens is 422 g/mol. The first kappa shape index (κ1) is 22.9. The Bertz CT molecular complexity index is 906. The third-order valence-corrected chi connectivity index (χ3v) is 4.60.